The number of amides is 1. The normalized spacial score (nSPS) is 16.8. The van der Waals surface area contributed by atoms with Gasteiger partial charge in [-0.3, -0.25) is 4.79 Å². The van der Waals surface area contributed by atoms with Crippen LogP contribution in [0, 0.1) is 23.0 Å². The van der Waals surface area contributed by atoms with Crippen LogP contribution in [0.5, 0.6) is 0 Å². The van der Waals surface area contributed by atoms with Gasteiger partial charge in [0.25, 0.3) is 0 Å². The molecular formula is C30H37F2N3O. The SMILES string of the molecule is CCC(=O)N(CC1CCNC1)C(c1cc(-c2cc(F)ccc2F)cn1Cc1ccccc1)C(C)(C)C. The predicted molar refractivity (Wildman–Crippen MR) is 141 cm³/mol. The Hall–Kier alpha value is -2.99. The van der Waals surface area contributed by atoms with Crippen LogP contribution in [0.1, 0.15) is 57.8 Å². The van der Waals surface area contributed by atoms with E-state index in [-0.39, 0.29) is 22.9 Å². The summed E-state index contributed by atoms with van der Waals surface area (Å²) in [6, 6.07) is 15.3. The smallest absolute Gasteiger partial charge is 0.222 e. The minimum Gasteiger partial charge on any atom is -0.344 e. The van der Waals surface area contributed by atoms with Crippen molar-refractivity contribution >= 4 is 5.91 Å². The molecule has 4 nitrogen and oxygen atoms in total. The Kier molecular flexibility index (Phi) is 7.94. The minimum absolute atomic E-state index is 0.104. The van der Waals surface area contributed by atoms with Crippen molar-refractivity contribution in [1.29, 1.82) is 0 Å². The molecule has 192 valence electrons. The summed E-state index contributed by atoms with van der Waals surface area (Å²) in [5, 5.41) is 3.41. The van der Waals surface area contributed by atoms with Gasteiger partial charge in [-0.15, -0.1) is 0 Å². The molecule has 2 heterocycles. The molecule has 0 bridgehead atoms. The first-order valence-electron chi connectivity index (χ1n) is 12.9. The lowest BCUT2D eigenvalue weighted by molar-refractivity contribution is -0.137. The predicted octanol–water partition coefficient (Wildman–Crippen LogP) is 6.42. The monoisotopic (exact) mass is 493 g/mol. The third-order valence-electron chi connectivity index (χ3n) is 7.02. The first-order valence-corrected chi connectivity index (χ1v) is 12.9. The van der Waals surface area contributed by atoms with E-state index < -0.39 is 11.6 Å². The maximum atomic E-state index is 14.8. The highest BCUT2D eigenvalue weighted by Gasteiger charge is 2.38. The zero-order valence-corrected chi connectivity index (χ0v) is 21.7. The van der Waals surface area contributed by atoms with Crippen LogP contribution in [0.3, 0.4) is 0 Å². The summed E-state index contributed by atoms with van der Waals surface area (Å²) in [5.74, 6) is -0.450. The lowest BCUT2D eigenvalue weighted by Crippen LogP contribution is -2.44. The van der Waals surface area contributed by atoms with Gasteiger partial charge in [0.1, 0.15) is 11.6 Å². The first-order chi connectivity index (χ1) is 17.2. The Morgan fingerprint density at radius 2 is 1.89 bits per heavy atom. The standard InChI is InChI=1S/C30H37F2N3O/c1-5-28(36)35(19-22-13-14-33-17-22)29(30(2,3)4)27-15-23(25-16-24(31)11-12-26(25)32)20-34(27)18-21-9-7-6-8-10-21/h6-12,15-16,20,22,29,33H,5,13-14,17-19H2,1-4H3. The van der Waals surface area contributed by atoms with Crippen molar-refractivity contribution in [3.63, 3.8) is 0 Å². The molecule has 2 aromatic carbocycles. The first kappa shape index (κ1) is 26.1. The number of nitrogens with zero attached hydrogens (tertiary/aromatic N) is 2. The number of rotatable bonds is 8. The average Bonchev–Trinajstić information content (AvgIpc) is 3.50. The molecule has 4 rings (SSSR count). The molecule has 0 radical (unpaired) electrons. The number of benzene rings is 2. The number of carbonyl (C=O) groups excluding carboxylic acids is 1. The van der Waals surface area contributed by atoms with E-state index in [0.29, 0.717) is 31.0 Å². The molecule has 36 heavy (non-hydrogen) atoms. The Labute approximate surface area is 213 Å². The number of aromatic nitrogens is 1. The van der Waals surface area contributed by atoms with E-state index in [2.05, 4.69) is 42.8 Å². The van der Waals surface area contributed by atoms with Crippen molar-refractivity contribution in [2.45, 2.75) is 53.1 Å². The van der Waals surface area contributed by atoms with Crippen LogP contribution < -0.4 is 5.32 Å². The molecule has 1 aliphatic heterocycles. The summed E-state index contributed by atoms with van der Waals surface area (Å²) >= 11 is 0. The summed E-state index contributed by atoms with van der Waals surface area (Å²) in [6.45, 7) is 11.4. The van der Waals surface area contributed by atoms with Crippen LogP contribution in [-0.2, 0) is 11.3 Å². The van der Waals surface area contributed by atoms with Gasteiger partial charge in [0, 0.05) is 42.5 Å². The van der Waals surface area contributed by atoms with Crippen molar-refractivity contribution in [3.05, 3.63) is 83.7 Å². The van der Waals surface area contributed by atoms with E-state index in [9.17, 15) is 13.6 Å². The lowest BCUT2D eigenvalue weighted by atomic mass is 9.82. The van der Waals surface area contributed by atoms with E-state index >= 15 is 0 Å². The fourth-order valence-corrected chi connectivity index (χ4v) is 5.31. The average molecular weight is 494 g/mol. The van der Waals surface area contributed by atoms with Gasteiger partial charge in [0.2, 0.25) is 5.91 Å². The van der Waals surface area contributed by atoms with Crippen molar-refractivity contribution in [2.75, 3.05) is 19.6 Å². The van der Waals surface area contributed by atoms with Gasteiger partial charge in [-0.2, -0.15) is 0 Å². The van der Waals surface area contributed by atoms with Crippen molar-refractivity contribution in [2.24, 2.45) is 11.3 Å². The third kappa shape index (κ3) is 5.86. The molecule has 0 spiro atoms. The van der Waals surface area contributed by atoms with Gasteiger partial charge in [0.15, 0.2) is 0 Å². The maximum Gasteiger partial charge on any atom is 0.222 e. The number of nitrogens with one attached hydrogen (secondary N) is 1. The Morgan fingerprint density at radius 1 is 1.14 bits per heavy atom. The second-order valence-electron chi connectivity index (χ2n) is 10.9. The zero-order valence-electron chi connectivity index (χ0n) is 21.7. The Bertz CT molecular complexity index is 1180. The van der Waals surface area contributed by atoms with Crippen LogP contribution in [0.4, 0.5) is 8.78 Å². The van der Waals surface area contributed by atoms with Crippen LogP contribution in [0.15, 0.2) is 60.8 Å². The molecule has 1 fully saturated rings. The number of carbonyl (C=O) groups is 1. The molecule has 1 aliphatic rings. The van der Waals surface area contributed by atoms with Crippen LogP contribution >= 0.6 is 0 Å². The molecule has 6 heteroatoms. The van der Waals surface area contributed by atoms with E-state index in [1.807, 2.05) is 42.3 Å². The zero-order chi connectivity index (χ0) is 25.9. The van der Waals surface area contributed by atoms with Crippen molar-refractivity contribution in [3.8, 4) is 11.1 Å². The van der Waals surface area contributed by atoms with Gasteiger partial charge in [-0.1, -0.05) is 58.0 Å². The fraction of sp³-hybridized carbons (Fsp3) is 0.433. The highest BCUT2D eigenvalue weighted by molar-refractivity contribution is 5.76. The Morgan fingerprint density at radius 3 is 2.53 bits per heavy atom. The molecule has 2 unspecified atom stereocenters. The third-order valence-corrected chi connectivity index (χ3v) is 7.02. The van der Waals surface area contributed by atoms with Gasteiger partial charge in [-0.05, 0) is 60.7 Å². The quantitative estimate of drug-likeness (QED) is 0.393. The van der Waals surface area contributed by atoms with E-state index in [4.69, 9.17) is 0 Å². The summed E-state index contributed by atoms with van der Waals surface area (Å²) < 4.78 is 31.0. The second kappa shape index (κ2) is 11.0. The largest absolute Gasteiger partial charge is 0.344 e. The summed E-state index contributed by atoms with van der Waals surface area (Å²) in [5.41, 5.74) is 2.57. The lowest BCUT2D eigenvalue weighted by Gasteiger charge is -2.42. The molecule has 1 amide bonds. The summed E-state index contributed by atoms with van der Waals surface area (Å²) in [6.07, 6.45) is 3.34. The molecule has 0 aliphatic carbocycles. The highest BCUT2D eigenvalue weighted by atomic mass is 19.1. The Balaban J connectivity index is 1.86. The van der Waals surface area contributed by atoms with Crippen LogP contribution in [0.25, 0.3) is 11.1 Å². The molecule has 2 atom stereocenters. The maximum absolute atomic E-state index is 14.8. The van der Waals surface area contributed by atoms with E-state index in [0.717, 1.165) is 36.8 Å². The summed E-state index contributed by atoms with van der Waals surface area (Å²) in [4.78, 5) is 15.4. The van der Waals surface area contributed by atoms with E-state index in [1.54, 1.807) is 0 Å². The number of hydrogen-bond donors (Lipinski definition) is 1. The molecule has 1 N–H and O–H groups in total. The van der Waals surface area contributed by atoms with Gasteiger partial charge in [0.05, 0.1) is 6.04 Å². The van der Waals surface area contributed by atoms with Crippen molar-refractivity contribution < 1.29 is 13.6 Å². The van der Waals surface area contributed by atoms with Crippen LogP contribution in [0.2, 0.25) is 0 Å². The second-order valence-corrected chi connectivity index (χ2v) is 10.9. The van der Waals surface area contributed by atoms with Crippen LogP contribution in [-0.4, -0.2) is 35.0 Å². The molecule has 3 aromatic rings. The molecule has 1 saturated heterocycles. The number of halogens is 2. The summed E-state index contributed by atoms with van der Waals surface area (Å²) in [7, 11) is 0. The molecule has 0 saturated carbocycles. The number of hydrogen-bond acceptors (Lipinski definition) is 2. The van der Waals surface area contributed by atoms with Gasteiger partial charge in [-0.25, -0.2) is 8.78 Å². The molecule has 1 aromatic heterocycles. The molecular weight excluding hydrogens is 456 g/mol. The fourth-order valence-electron chi connectivity index (χ4n) is 5.31. The topological polar surface area (TPSA) is 37.3 Å². The van der Waals surface area contributed by atoms with Gasteiger partial charge < -0.3 is 14.8 Å². The van der Waals surface area contributed by atoms with Crippen molar-refractivity contribution in [1.82, 2.24) is 14.8 Å². The van der Waals surface area contributed by atoms with E-state index in [1.165, 1.54) is 12.1 Å². The van der Waals surface area contributed by atoms with Gasteiger partial charge >= 0.3 is 0 Å². The minimum atomic E-state index is -0.479. The highest BCUT2D eigenvalue weighted by Crippen LogP contribution is 2.42.